The summed E-state index contributed by atoms with van der Waals surface area (Å²) in [7, 11) is 0. The van der Waals surface area contributed by atoms with Crippen LogP contribution >= 0.6 is 0 Å². The number of hydrogen-bond donors (Lipinski definition) is 0. The van der Waals surface area contributed by atoms with Crippen molar-refractivity contribution in [2.45, 2.75) is 46.7 Å². The highest BCUT2D eigenvalue weighted by Crippen LogP contribution is 2.30. The van der Waals surface area contributed by atoms with E-state index in [2.05, 4.69) is 27.0 Å². The van der Waals surface area contributed by atoms with Gasteiger partial charge in [-0.15, -0.1) is 0 Å². The van der Waals surface area contributed by atoms with Crippen LogP contribution in [0.3, 0.4) is 0 Å². The molecule has 2 amide bonds. The smallest absolute Gasteiger partial charge is 0.258 e. The van der Waals surface area contributed by atoms with Crippen LogP contribution in [0.1, 0.15) is 61.8 Å². The van der Waals surface area contributed by atoms with E-state index in [1.54, 1.807) is 6.20 Å². The minimum absolute atomic E-state index is 0.131. The monoisotopic (exact) mass is 579 g/mol. The number of aryl methyl sites for hydroxylation is 3. The average molecular weight is 580 g/mol. The van der Waals surface area contributed by atoms with E-state index >= 15 is 0 Å². The van der Waals surface area contributed by atoms with E-state index in [4.69, 9.17) is 0 Å². The number of fused-ring (bicyclic) bond motifs is 1. The summed E-state index contributed by atoms with van der Waals surface area (Å²) in [6.45, 7) is 9.34. The molecular formula is C35H38FN5O2. The molecule has 0 fully saturated rings. The number of para-hydroxylation sites is 1. The van der Waals surface area contributed by atoms with Gasteiger partial charge in [0.25, 0.3) is 11.8 Å². The summed E-state index contributed by atoms with van der Waals surface area (Å²) in [6.07, 6.45) is 3.17. The molecule has 0 N–H and O–H groups in total. The van der Waals surface area contributed by atoms with Crippen molar-refractivity contribution in [3.8, 4) is 0 Å². The molecule has 7 nitrogen and oxygen atoms in total. The Morgan fingerprint density at radius 2 is 1.53 bits per heavy atom. The second kappa shape index (κ2) is 13.7. The Morgan fingerprint density at radius 3 is 2.26 bits per heavy atom. The van der Waals surface area contributed by atoms with Crippen LogP contribution in [0.2, 0.25) is 0 Å². The summed E-state index contributed by atoms with van der Waals surface area (Å²) in [5.74, 6) is -0.0889. The van der Waals surface area contributed by atoms with E-state index in [1.165, 1.54) is 29.8 Å². The number of amides is 2. The largest absolute Gasteiger partial charge is 0.334 e. The molecular weight excluding hydrogens is 541 g/mol. The van der Waals surface area contributed by atoms with E-state index < -0.39 is 0 Å². The number of anilines is 1. The Morgan fingerprint density at radius 1 is 0.814 bits per heavy atom. The second-order valence-electron chi connectivity index (χ2n) is 11.2. The molecule has 0 saturated carbocycles. The Bertz CT molecular complexity index is 1580. The average Bonchev–Trinajstić information content (AvgIpc) is 2.99. The Balaban J connectivity index is 1.54. The quantitative estimate of drug-likeness (QED) is 0.291. The minimum atomic E-state index is -0.386. The van der Waals surface area contributed by atoms with Gasteiger partial charge in [0.2, 0.25) is 0 Å². The minimum Gasteiger partial charge on any atom is -0.334 e. The van der Waals surface area contributed by atoms with Crippen LogP contribution in [0.4, 0.5) is 10.1 Å². The molecule has 5 rings (SSSR count). The van der Waals surface area contributed by atoms with Gasteiger partial charge in [0.1, 0.15) is 11.6 Å². The molecule has 1 aromatic heterocycles. The normalized spacial score (nSPS) is 14.9. The number of nitrogens with zero attached hydrogens (tertiary/aromatic N) is 5. The topological polar surface area (TPSA) is 69.6 Å². The lowest BCUT2D eigenvalue weighted by Crippen LogP contribution is -2.39. The van der Waals surface area contributed by atoms with Crippen molar-refractivity contribution < 1.29 is 14.0 Å². The number of benzene rings is 3. The molecule has 0 unspecified atom stereocenters. The number of hydrogen-bond acceptors (Lipinski definition) is 5. The molecule has 1 aliphatic heterocycles. The number of carbonyl (C=O) groups is 2. The number of halogens is 1. The van der Waals surface area contributed by atoms with E-state index in [1.807, 2.05) is 67.0 Å². The third-order valence-corrected chi connectivity index (χ3v) is 7.91. The molecule has 43 heavy (non-hydrogen) atoms. The lowest BCUT2D eigenvalue weighted by Gasteiger charge is -2.33. The van der Waals surface area contributed by atoms with Crippen molar-refractivity contribution in [1.82, 2.24) is 19.8 Å². The summed E-state index contributed by atoms with van der Waals surface area (Å²) >= 11 is 0. The van der Waals surface area contributed by atoms with Crippen molar-refractivity contribution in [3.05, 3.63) is 124 Å². The van der Waals surface area contributed by atoms with E-state index in [0.29, 0.717) is 42.3 Å². The first-order valence-electron chi connectivity index (χ1n) is 14.8. The standard InChI is InChI=1S/C35H38FN5O2/c1-25-10-7-13-30-24-40(35(43)32-22-37-27(3)38-26(32)2)20-8-18-39(23-28-11-5-4-6-12-28)19-9-21-41(33(25)30)34(42)29-14-16-31(36)17-15-29/h4-7,10-17,22H,8-9,18-21,23-24H2,1-3H3. The fourth-order valence-electron chi connectivity index (χ4n) is 5.77. The van der Waals surface area contributed by atoms with Crippen LogP contribution in [0.15, 0.2) is 79.0 Å². The summed E-state index contributed by atoms with van der Waals surface area (Å²) in [4.78, 5) is 42.8. The van der Waals surface area contributed by atoms with Crippen LogP contribution in [0.5, 0.6) is 0 Å². The van der Waals surface area contributed by atoms with Gasteiger partial charge in [-0.2, -0.15) is 0 Å². The third-order valence-electron chi connectivity index (χ3n) is 7.91. The lowest BCUT2D eigenvalue weighted by atomic mass is 10.0. The van der Waals surface area contributed by atoms with E-state index in [0.717, 1.165) is 49.3 Å². The van der Waals surface area contributed by atoms with Crippen molar-refractivity contribution in [3.63, 3.8) is 0 Å². The summed E-state index contributed by atoms with van der Waals surface area (Å²) in [5.41, 5.74) is 5.38. The first kappa shape index (κ1) is 30.0. The Labute approximate surface area is 253 Å². The Hall–Kier alpha value is -4.43. The van der Waals surface area contributed by atoms with E-state index in [9.17, 15) is 14.0 Å². The molecule has 0 aliphatic carbocycles. The maximum absolute atomic E-state index is 14.0. The van der Waals surface area contributed by atoms with Crippen LogP contribution in [0.25, 0.3) is 0 Å². The molecule has 4 aromatic rings. The zero-order valence-electron chi connectivity index (χ0n) is 25.1. The van der Waals surface area contributed by atoms with Gasteiger partial charge in [0.05, 0.1) is 16.9 Å². The lowest BCUT2D eigenvalue weighted by molar-refractivity contribution is 0.0732. The number of aromatic nitrogens is 2. The zero-order chi connectivity index (χ0) is 30.3. The highest BCUT2D eigenvalue weighted by molar-refractivity contribution is 6.07. The fraction of sp³-hybridized carbons (Fsp3) is 0.314. The predicted molar refractivity (Wildman–Crippen MR) is 166 cm³/mol. The van der Waals surface area contributed by atoms with Gasteiger partial charge in [-0.25, -0.2) is 14.4 Å². The summed E-state index contributed by atoms with van der Waals surface area (Å²) < 4.78 is 13.8. The van der Waals surface area contributed by atoms with Gasteiger partial charge in [-0.1, -0.05) is 48.5 Å². The SMILES string of the molecule is Cc1ncc(C(=O)N2CCCN(Cc3ccccc3)CCCN(C(=O)c3ccc(F)cc3)c3c(C)cccc3C2)c(C)n1. The molecule has 0 bridgehead atoms. The van der Waals surface area contributed by atoms with E-state index in [-0.39, 0.29) is 17.6 Å². The van der Waals surface area contributed by atoms with Gasteiger partial charge >= 0.3 is 0 Å². The van der Waals surface area contributed by atoms with Gasteiger partial charge < -0.3 is 9.80 Å². The second-order valence-corrected chi connectivity index (χ2v) is 11.2. The maximum Gasteiger partial charge on any atom is 0.258 e. The van der Waals surface area contributed by atoms with Crippen molar-refractivity contribution in [2.24, 2.45) is 0 Å². The fourth-order valence-corrected chi connectivity index (χ4v) is 5.77. The maximum atomic E-state index is 14.0. The highest BCUT2D eigenvalue weighted by atomic mass is 19.1. The molecule has 222 valence electrons. The third kappa shape index (κ3) is 7.32. The summed E-state index contributed by atoms with van der Waals surface area (Å²) in [5, 5.41) is 0. The number of rotatable bonds is 4. The molecule has 8 heteroatoms. The summed E-state index contributed by atoms with van der Waals surface area (Å²) in [6, 6.07) is 22.0. The van der Waals surface area contributed by atoms with Gasteiger partial charge in [-0.3, -0.25) is 14.5 Å². The van der Waals surface area contributed by atoms with Crippen molar-refractivity contribution in [1.29, 1.82) is 0 Å². The molecule has 1 aliphatic rings. The zero-order valence-corrected chi connectivity index (χ0v) is 25.1. The molecule has 0 atom stereocenters. The Kier molecular flexibility index (Phi) is 9.57. The van der Waals surface area contributed by atoms with Crippen LogP contribution < -0.4 is 4.90 Å². The van der Waals surface area contributed by atoms with Crippen LogP contribution in [0, 0.1) is 26.6 Å². The van der Waals surface area contributed by atoms with Crippen LogP contribution in [-0.2, 0) is 13.1 Å². The molecule has 2 heterocycles. The molecule has 0 radical (unpaired) electrons. The first-order valence-corrected chi connectivity index (χ1v) is 14.8. The first-order chi connectivity index (χ1) is 20.8. The molecule has 3 aromatic carbocycles. The number of carbonyl (C=O) groups excluding carboxylic acids is 2. The van der Waals surface area contributed by atoms with Gasteiger partial charge in [0, 0.05) is 51.0 Å². The molecule has 0 spiro atoms. The van der Waals surface area contributed by atoms with Gasteiger partial charge in [-0.05, 0) is 74.6 Å². The van der Waals surface area contributed by atoms with Gasteiger partial charge in [0.15, 0.2) is 0 Å². The van der Waals surface area contributed by atoms with Crippen molar-refractivity contribution >= 4 is 17.5 Å². The predicted octanol–water partition coefficient (Wildman–Crippen LogP) is 6.13. The van der Waals surface area contributed by atoms with Crippen LogP contribution in [-0.4, -0.2) is 57.8 Å². The molecule has 0 saturated heterocycles. The highest BCUT2D eigenvalue weighted by Gasteiger charge is 2.26. The van der Waals surface area contributed by atoms with Crippen molar-refractivity contribution in [2.75, 3.05) is 31.1 Å².